The highest BCUT2D eigenvalue weighted by molar-refractivity contribution is 5.52. The second kappa shape index (κ2) is 6.61. The SMILES string of the molecule is C=[N+]([O-])C1(c2cc(C(C)(C)C)c(O)c(C(C)(C)C)c2)C=CC=C(CC)C1. The highest BCUT2D eigenvalue weighted by Gasteiger charge is 2.41. The molecular formula is C23H33NO2. The van der Waals surface area contributed by atoms with Crippen molar-refractivity contribution in [3.8, 4) is 5.75 Å². The van der Waals surface area contributed by atoms with Crippen LogP contribution in [0.4, 0.5) is 0 Å². The summed E-state index contributed by atoms with van der Waals surface area (Å²) >= 11 is 0. The van der Waals surface area contributed by atoms with Crippen LogP contribution >= 0.6 is 0 Å². The summed E-state index contributed by atoms with van der Waals surface area (Å²) in [6.07, 6.45) is 7.49. The van der Waals surface area contributed by atoms with Gasteiger partial charge in [-0.15, -0.1) is 0 Å². The van der Waals surface area contributed by atoms with Crippen LogP contribution in [0.25, 0.3) is 0 Å². The van der Waals surface area contributed by atoms with E-state index in [9.17, 15) is 10.3 Å². The zero-order chi connectivity index (χ0) is 19.9. The first-order valence-corrected chi connectivity index (χ1v) is 9.36. The van der Waals surface area contributed by atoms with Gasteiger partial charge in [0, 0.05) is 23.1 Å². The van der Waals surface area contributed by atoms with Crippen molar-refractivity contribution in [1.29, 1.82) is 0 Å². The quantitative estimate of drug-likeness (QED) is 0.328. The van der Waals surface area contributed by atoms with Crippen molar-refractivity contribution in [3.05, 3.63) is 57.8 Å². The zero-order valence-electron chi connectivity index (χ0n) is 17.3. The van der Waals surface area contributed by atoms with Gasteiger partial charge in [0.1, 0.15) is 12.5 Å². The first-order valence-electron chi connectivity index (χ1n) is 9.36. The molecule has 1 aliphatic rings. The second-order valence-corrected chi connectivity index (χ2v) is 9.44. The van der Waals surface area contributed by atoms with Crippen molar-refractivity contribution >= 4 is 6.72 Å². The molecule has 1 unspecified atom stereocenters. The van der Waals surface area contributed by atoms with Crippen LogP contribution in [-0.2, 0) is 16.4 Å². The number of aromatic hydroxyl groups is 1. The number of phenolic OH excluding ortho intramolecular Hbond substituents is 1. The predicted molar refractivity (Wildman–Crippen MR) is 110 cm³/mol. The van der Waals surface area contributed by atoms with E-state index < -0.39 is 5.54 Å². The van der Waals surface area contributed by atoms with Crippen LogP contribution in [0.15, 0.2) is 35.9 Å². The van der Waals surface area contributed by atoms with E-state index in [0.29, 0.717) is 12.2 Å². The van der Waals surface area contributed by atoms with Gasteiger partial charge in [0.2, 0.25) is 5.54 Å². The molecule has 0 fully saturated rings. The molecule has 1 atom stereocenters. The Kier molecular flexibility index (Phi) is 5.15. The average Bonchev–Trinajstić information content (AvgIpc) is 2.52. The molecule has 0 amide bonds. The van der Waals surface area contributed by atoms with Crippen LogP contribution in [0.3, 0.4) is 0 Å². The van der Waals surface area contributed by atoms with Crippen LogP contribution in [-0.4, -0.2) is 16.6 Å². The predicted octanol–water partition coefficient (Wildman–Crippen LogP) is 5.69. The highest BCUT2D eigenvalue weighted by atomic mass is 16.5. The Hall–Kier alpha value is -2.03. The van der Waals surface area contributed by atoms with E-state index >= 15 is 0 Å². The molecule has 3 nitrogen and oxygen atoms in total. The van der Waals surface area contributed by atoms with Gasteiger partial charge >= 0.3 is 0 Å². The van der Waals surface area contributed by atoms with E-state index in [2.05, 4.69) is 61.3 Å². The fourth-order valence-corrected chi connectivity index (χ4v) is 3.59. The molecule has 0 aliphatic heterocycles. The third kappa shape index (κ3) is 3.58. The number of hydrogen-bond donors (Lipinski definition) is 1. The fraction of sp³-hybridized carbons (Fsp3) is 0.522. The van der Waals surface area contributed by atoms with Crippen molar-refractivity contribution < 1.29 is 9.85 Å². The summed E-state index contributed by atoms with van der Waals surface area (Å²) < 4.78 is 0.817. The number of hydroxylamine groups is 1. The van der Waals surface area contributed by atoms with Gasteiger partial charge in [-0.3, -0.25) is 0 Å². The molecule has 1 N–H and O–H groups in total. The summed E-state index contributed by atoms with van der Waals surface area (Å²) in [5.41, 5.74) is 2.53. The highest BCUT2D eigenvalue weighted by Crippen LogP contribution is 2.45. The number of allylic oxidation sites excluding steroid dienone is 2. The van der Waals surface area contributed by atoms with Gasteiger partial charge in [-0.2, -0.15) is 0 Å². The van der Waals surface area contributed by atoms with Gasteiger partial charge in [0.05, 0.1) is 0 Å². The molecule has 0 saturated heterocycles. The van der Waals surface area contributed by atoms with Crippen LogP contribution in [0.5, 0.6) is 5.75 Å². The van der Waals surface area contributed by atoms with E-state index in [-0.39, 0.29) is 10.8 Å². The summed E-state index contributed by atoms with van der Waals surface area (Å²) in [5, 5.41) is 23.6. The smallest absolute Gasteiger partial charge is 0.219 e. The lowest BCUT2D eigenvalue weighted by Gasteiger charge is -2.35. The van der Waals surface area contributed by atoms with Crippen LogP contribution in [0, 0.1) is 5.21 Å². The van der Waals surface area contributed by atoms with Crippen molar-refractivity contribution in [3.63, 3.8) is 0 Å². The minimum Gasteiger partial charge on any atom is -0.623 e. The molecule has 142 valence electrons. The number of phenols is 1. The van der Waals surface area contributed by atoms with Gasteiger partial charge in [-0.05, 0) is 35.5 Å². The Balaban J connectivity index is 2.81. The Morgan fingerprint density at radius 3 is 2.00 bits per heavy atom. The number of benzene rings is 1. The maximum absolute atomic E-state index is 12.7. The summed E-state index contributed by atoms with van der Waals surface area (Å²) in [6, 6.07) is 3.98. The second-order valence-electron chi connectivity index (χ2n) is 9.44. The fourth-order valence-electron chi connectivity index (χ4n) is 3.59. The van der Waals surface area contributed by atoms with Gasteiger partial charge < -0.3 is 10.3 Å². The lowest BCUT2D eigenvalue weighted by molar-refractivity contribution is -0.536. The van der Waals surface area contributed by atoms with Crippen LogP contribution in [0.1, 0.15) is 78.0 Å². The first-order chi connectivity index (χ1) is 11.8. The van der Waals surface area contributed by atoms with E-state index in [0.717, 1.165) is 27.9 Å². The zero-order valence-corrected chi connectivity index (χ0v) is 17.3. The minimum absolute atomic E-state index is 0.238. The molecule has 0 bridgehead atoms. The van der Waals surface area contributed by atoms with E-state index in [1.807, 2.05) is 24.3 Å². The third-order valence-electron chi connectivity index (χ3n) is 5.33. The minimum atomic E-state index is -0.839. The largest absolute Gasteiger partial charge is 0.623 e. The van der Waals surface area contributed by atoms with E-state index in [1.165, 1.54) is 5.57 Å². The van der Waals surface area contributed by atoms with Gasteiger partial charge in [0.15, 0.2) is 0 Å². The first kappa shape index (κ1) is 20.3. The Labute approximate surface area is 158 Å². The Bertz CT molecular complexity index is 737. The summed E-state index contributed by atoms with van der Waals surface area (Å²) in [7, 11) is 0. The molecule has 0 saturated carbocycles. The van der Waals surface area contributed by atoms with Crippen molar-refractivity contribution in [2.75, 3.05) is 0 Å². The maximum atomic E-state index is 12.7. The molecule has 3 heteroatoms. The van der Waals surface area contributed by atoms with Gasteiger partial charge in [-0.25, -0.2) is 4.74 Å². The Morgan fingerprint density at radius 1 is 1.12 bits per heavy atom. The molecule has 1 aromatic rings. The topological polar surface area (TPSA) is 46.3 Å². The molecule has 1 aliphatic carbocycles. The summed E-state index contributed by atoms with van der Waals surface area (Å²) in [5.74, 6) is 0.330. The van der Waals surface area contributed by atoms with Crippen molar-refractivity contribution in [1.82, 2.24) is 0 Å². The van der Waals surface area contributed by atoms with Crippen LogP contribution in [0.2, 0.25) is 0 Å². The molecule has 1 aromatic carbocycles. The molecule has 26 heavy (non-hydrogen) atoms. The molecular weight excluding hydrogens is 322 g/mol. The third-order valence-corrected chi connectivity index (χ3v) is 5.33. The van der Waals surface area contributed by atoms with Crippen LogP contribution < -0.4 is 0 Å². The monoisotopic (exact) mass is 355 g/mol. The Morgan fingerprint density at radius 2 is 1.62 bits per heavy atom. The number of rotatable bonds is 3. The molecule has 0 heterocycles. The average molecular weight is 356 g/mol. The number of nitrogens with zero attached hydrogens (tertiary/aromatic N) is 1. The van der Waals surface area contributed by atoms with Crippen molar-refractivity contribution in [2.24, 2.45) is 0 Å². The molecule has 0 spiro atoms. The summed E-state index contributed by atoms with van der Waals surface area (Å²) in [4.78, 5) is 0. The number of hydrogen-bond acceptors (Lipinski definition) is 2. The summed E-state index contributed by atoms with van der Waals surface area (Å²) in [6.45, 7) is 18.3. The maximum Gasteiger partial charge on any atom is 0.219 e. The van der Waals surface area contributed by atoms with Gasteiger partial charge in [0.25, 0.3) is 0 Å². The molecule has 0 radical (unpaired) electrons. The molecule has 2 rings (SSSR count). The van der Waals surface area contributed by atoms with E-state index in [1.54, 1.807) is 0 Å². The lowest BCUT2D eigenvalue weighted by atomic mass is 9.73. The van der Waals surface area contributed by atoms with Crippen molar-refractivity contribution in [2.45, 2.75) is 77.7 Å². The normalized spacial score (nSPS) is 20.8. The van der Waals surface area contributed by atoms with E-state index in [4.69, 9.17) is 0 Å². The van der Waals surface area contributed by atoms with Gasteiger partial charge in [-0.1, -0.05) is 66.2 Å². The standard InChI is InChI=1S/C23H33NO2/c1-9-16-11-10-12-23(15-16,24(8)26)17-13-18(21(2,3)4)20(25)19(14-17)22(5,6)7/h10-14,25H,8-9,15H2,1-7H3. The lowest BCUT2D eigenvalue weighted by Crippen LogP contribution is -2.36. The molecule has 0 aromatic heterocycles.